The van der Waals surface area contributed by atoms with Crippen LogP contribution >= 0.6 is 35.0 Å². The number of hydrogen-bond acceptors (Lipinski definition) is 3. The van der Waals surface area contributed by atoms with E-state index in [2.05, 4.69) is 19.0 Å². The Morgan fingerprint density at radius 3 is 2.14 bits per heavy atom. The van der Waals surface area contributed by atoms with Gasteiger partial charge in [0.25, 0.3) is 0 Å². The van der Waals surface area contributed by atoms with E-state index in [9.17, 15) is 0 Å². The number of oxime groups is 1. The molecule has 0 saturated heterocycles. The number of nitrogens with zero attached hydrogens (tertiary/aromatic N) is 1. The van der Waals surface area contributed by atoms with Gasteiger partial charge in [-0.1, -0.05) is 40.5 Å². The van der Waals surface area contributed by atoms with E-state index in [1.165, 1.54) is 0 Å². The molecular weight excluding hydrogens is 337 g/mol. The molecule has 0 N–H and O–H groups in total. The third-order valence-electron chi connectivity index (χ3n) is 2.78. The van der Waals surface area contributed by atoms with Crippen molar-refractivity contribution in [3.05, 3.63) is 64.1 Å². The molecular formula is C17H17Cl2NOS. The van der Waals surface area contributed by atoms with Crippen LogP contribution in [0.1, 0.15) is 19.4 Å². The van der Waals surface area contributed by atoms with E-state index in [1.807, 2.05) is 54.7 Å². The molecule has 0 saturated carbocycles. The number of thioether (sulfide) groups is 1. The molecule has 0 fully saturated rings. The second kappa shape index (κ2) is 7.91. The molecule has 0 heterocycles. The summed E-state index contributed by atoms with van der Waals surface area (Å²) >= 11 is 13.4. The molecule has 0 unspecified atom stereocenters. The molecule has 2 rings (SSSR count). The topological polar surface area (TPSA) is 21.6 Å². The Morgan fingerprint density at radius 2 is 1.55 bits per heavy atom. The maximum Gasteiger partial charge on any atom is 0.142 e. The van der Waals surface area contributed by atoms with Crippen molar-refractivity contribution in [2.24, 2.45) is 5.16 Å². The zero-order valence-corrected chi connectivity index (χ0v) is 14.8. The smallest absolute Gasteiger partial charge is 0.142 e. The molecule has 5 heteroatoms. The number of rotatable bonds is 6. The molecule has 0 aliphatic heterocycles. The van der Waals surface area contributed by atoms with Crippen molar-refractivity contribution in [3.8, 4) is 0 Å². The van der Waals surface area contributed by atoms with E-state index in [0.29, 0.717) is 11.6 Å². The first kappa shape index (κ1) is 17.2. The first-order valence-corrected chi connectivity index (χ1v) is 8.37. The SMILES string of the molecule is CC(C)(C=NOCc1ccc(Cl)cc1)Sc1ccc(Cl)cc1. The molecule has 0 radical (unpaired) electrons. The van der Waals surface area contributed by atoms with Crippen molar-refractivity contribution in [1.82, 2.24) is 0 Å². The fraction of sp³-hybridized carbons (Fsp3) is 0.235. The predicted octanol–water partition coefficient (Wildman–Crippen LogP) is 6.07. The van der Waals surface area contributed by atoms with E-state index < -0.39 is 0 Å². The maximum atomic E-state index is 5.89. The van der Waals surface area contributed by atoms with Gasteiger partial charge in [0.1, 0.15) is 6.61 Å². The number of halogens is 2. The Kier molecular flexibility index (Phi) is 6.18. The quantitative estimate of drug-likeness (QED) is 0.357. The fourth-order valence-corrected chi connectivity index (χ4v) is 2.92. The van der Waals surface area contributed by atoms with Crippen LogP contribution in [-0.4, -0.2) is 11.0 Å². The van der Waals surface area contributed by atoms with Crippen LogP contribution < -0.4 is 0 Å². The van der Waals surface area contributed by atoms with E-state index >= 15 is 0 Å². The normalized spacial score (nSPS) is 11.8. The van der Waals surface area contributed by atoms with Gasteiger partial charge in [-0.25, -0.2) is 0 Å². The molecule has 2 aromatic carbocycles. The molecule has 2 aromatic rings. The van der Waals surface area contributed by atoms with Gasteiger partial charge in [-0.15, -0.1) is 11.8 Å². The van der Waals surface area contributed by atoms with Gasteiger partial charge in [-0.3, -0.25) is 0 Å². The third-order valence-corrected chi connectivity index (χ3v) is 4.42. The second-order valence-corrected chi connectivity index (χ2v) is 7.89. The van der Waals surface area contributed by atoms with Crippen molar-refractivity contribution in [2.45, 2.75) is 30.1 Å². The highest BCUT2D eigenvalue weighted by molar-refractivity contribution is 8.01. The minimum absolute atomic E-state index is 0.173. The van der Waals surface area contributed by atoms with Crippen LogP contribution in [0, 0.1) is 0 Å². The summed E-state index contributed by atoms with van der Waals surface area (Å²) in [6, 6.07) is 15.3. The average molecular weight is 354 g/mol. The molecule has 0 bridgehead atoms. The highest BCUT2D eigenvalue weighted by Crippen LogP contribution is 2.31. The summed E-state index contributed by atoms with van der Waals surface area (Å²) in [5.74, 6) is 0. The van der Waals surface area contributed by atoms with Crippen molar-refractivity contribution in [2.75, 3.05) is 0 Å². The van der Waals surface area contributed by atoms with Gasteiger partial charge < -0.3 is 4.84 Å². The van der Waals surface area contributed by atoms with Gasteiger partial charge >= 0.3 is 0 Å². The lowest BCUT2D eigenvalue weighted by Crippen LogP contribution is -2.16. The lowest BCUT2D eigenvalue weighted by atomic mass is 10.2. The Bertz CT molecular complexity index is 624. The van der Waals surface area contributed by atoms with Gasteiger partial charge in [-0.2, -0.15) is 0 Å². The standard InChI is InChI=1S/C17H17Cl2NOS/c1-17(2,22-16-9-7-15(19)8-10-16)12-20-21-11-13-3-5-14(18)6-4-13/h3-10,12H,11H2,1-2H3. The molecule has 0 aromatic heterocycles. The zero-order valence-electron chi connectivity index (χ0n) is 12.4. The van der Waals surface area contributed by atoms with Gasteiger partial charge in [0, 0.05) is 14.9 Å². The number of hydrogen-bond donors (Lipinski definition) is 0. The van der Waals surface area contributed by atoms with Crippen molar-refractivity contribution >= 4 is 41.2 Å². The second-order valence-electron chi connectivity index (χ2n) is 5.29. The van der Waals surface area contributed by atoms with Gasteiger partial charge in [-0.05, 0) is 55.8 Å². The predicted molar refractivity (Wildman–Crippen MR) is 96.1 cm³/mol. The maximum absolute atomic E-state index is 5.89. The van der Waals surface area contributed by atoms with E-state index in [4.69, 9.17) is 28.0 Å². The Morgan fingerprint density at radius 1 is 1.00 bits per heavy atom. The fourth-order valence-electron chi connectivity index (χ4n) is 1.69. The molecule has 0 atom stereocenters. The highest BCUT2D eigenvalue weighted by atomic mass is 35.5. The van der Waals surface area contributed by atoms with Crippen LogP contribution in [0.5, 0.6) is 0 Å². The van der Waals surface area contributed by atoms with Crippen LogP contribution in [0.15, 0.2) is 58.6 Å². The summed E-state index contributed by atoms with van der Waals surface area (Å²) in [4.78, 5) is 6.48. The summed E-state index contributed by atoms with van der Waals surface area (Å²) in [5.41, 5.74) is 1.03. The first-order chi connectivity index (χ1) is 10.4. The van der Waals surface area contributed by atoms with Crippen LogP contribution in [-0.2, 0) is 11.4 Å². The summed E-state index contributed by atoms with van der Waals surface area (Å²) in [7, 11) is 0. The third kappa shape index (κ3) is 5.91. The van der Waals surface area contributed by atoms with Crippen molar-refractivity contribution < 1.29 is 4.84 Å². The monoisotopic (exact) mass is 353 g/mol. The Hall–Kier alpha value is -1.16. The van der Waals surface area contributed by atoms with Crippen LogP contribution in [0.25, 0.3) is 0 Å². The van der Waals surface area contributed by atoms with Gasteiger partial charge in [0.2, 0.25) is 0 Å². The molecule has 0 spiro atoms. The lowest BCUT2D eigenvalue weighted by molar-refractivity contribution is 0.131. The Labute approximate surface area is 145 Å². The largest absolute Gasteiger partial charge is 0.391 e. The van der Waals surface area contributed by atoms with Crippen LogP contribution in [0.2, 0.25) is 10.0 Å². The van der Waals surface area contributed by atoms with Crippen LogP contribution in [0.4, 0.5) is 0 Å². The summed E-state index contributed by atoms with van der Waals surface area (Å²) in [6.45, 7) is 4.60. The Balaban J connectivity index is 1.85. The summed E-state index contributed by atoms with van der Waals surface area (Å²) < 4.78 is -0.173. The van der Waals surface area contributed by atoms with Gasteiger partial charge in [0.05, 0.1) is 11.0 Å². The van der Waals surface area contributed by atoms with E-state index in [1.54, 1.807) is 11.8 Å². The molecule has 0 amide bonds. The molecule has 0 aliphatic rings. The zero-order chi connectivity index (χ0) is 16.0. The first-order valence-electron chi connectivity index (χ1n) is 6.80. The van der Waals surface area contributed by atoms with E-state index in [-0.39, 0.29) is 4.75 Å². The molecule has 22 heavy (non-hydrogen) atoms. The lowest BCUT2D eigenvalue weighted by Gasteiger charge is -2.18. The van der Waals surface area contributed by atoms with Crippen molar-refractivity contribution in [3.63, 3.8) is 0 Å². The summed E-state index contributed by atoms with van der Waals surface area (Å²) in [6.07, 6.45) is 1.81. The summed E-state index contributed by atoms with van der Waals surface area (Å²) in [5, 5.41) is 5.52. The average Bonchev–Trinajstić information content (AvgIpc) is 2.48. The minimum Gasteiger partial charge on any atom is -0.391 e. The molecule has 2 nitrogen and oxygen atoms in total. The molecule has 116 valence electrons. The number of benzene rings is 2. The highest BCUT2D eigenvalue weighted by Gasteiger charge is 2.17. The van der Waals surface area contributed by atoms with Crippen molar-refractivity contribution in [1.29, 1.82) is 0 Å². The van der Waals surface area contributed by atoms with Gasteiger partial charge in [0.15, 0.2) is 0 Å². The molecule has 0 aliphatic carbocycles. The van der Waals surface area contributed by atoms with Crippen LogP contribution in [0.3, 0.4) is 0 Å². The van der Waals surface area contributed by atoms with E-state index in [0.717, 1.165) is 15.5 Å². The minimum atomic E-state index is -0.173.